The van der Waals surface area contributed by atoms with Crippen molar-refractivity contribution in [2.45, 2.75) is 57.1 Å². The number of imide groups is 1. The third-order valence-electron chi connectivity index (χ3n) is 7.27. The first-order valence-corrected chi connectivity index (χ1v) is 12.8. The molecule has 0 bridgehead atoms. The Morgan fingerprint density at radius 3 is 2.76 bits per heavy atom. The number of pyridine rings is 1. The van der Waals surface area contributed by atoms with Gasteiger partial charge in [0.1, 0.15) is 16.8 Å². The number of aromatic nitrogens is 2. The molecule has 2 N–H and O–H groups in total. The summed E-state index contributed by atoms with van der Waals surface area (Å²) in [5.41, 5.74) is 2.13. The number of nitrogens with zero attached hydrogens (tertiary/aromatic N) is 3. The number of hydrogen-bond donors (Lipinski definition) is 2. The van der Waals surface area contributed by atoms with Gasteiger partial charge >= 0.3 is 12.1 Å². The van der Waals surface area contributed by atoms with Gasteiger partial charge in [-0.2, -0.15) is 0 Å². The quantitative estimate of drug-likeness (QED) is 0.461. The summed E-state index contributed by atoms with van der Waals surface area (Å²) in [6, 6.07) is 6.84. The molecule has 4 amide bonds. The van der Waals surface area contributed by atoms with Crippen molar-refractivity contribution in [1.82, 2.24) is 20.2 Å². The van der Waals surface area contributed by atoms with E-state index < -0.39 is 29.2 Å². The van der Waals surface area contributed by atoms with Crippen LogP contribution in [0.2, 0.25) is 5.02 Å². The lowest BCUT2D eigenvalue weighted by molar-refractivity contribution is -0.122. The minimum Gasteiger partial charge on any atom is -0.444 e. The molecule has 9 nitrogen and oxygen atoms in total. The van der Waals surface area contributed by atoms with Crippen LogP contribution in [0.1, 0.15) is 51.5 Å². The topological polar surface area (TPSA) is 108 Å². The number of nitrogens with one attached hydrogen (secondary N) is 2. The van der Waals surface area contributed by atoms with Crippen molar-refractivity contribution < 1.29 is 19.1 Å². The predicted octanol–water partition coefficient (Wildman–Crippen LogP) is 5.20. The predicted molar refractivity (Wildman–Crippen MR) is 140 cm³/mol. The number of aromatic amines is 1. The van der Waals surface area contributed by atoms with E-state index in [1.54, 1.807) is 33.0 Å². The average Bonchev–Trinajstić information content (AvgIpc) is 3.32. The molecule has 0 radical (unpaired) electrons. The van der Waals surface area contributed by atoms with E-state index in [0.717, 1.165) is 35.0 Å². The number of H-pyrrole nitrogens is 1. The number of halogens is 1. The normalized spacial score (nSPS) is 21.8. The summed E-state index contributed by atoms with van der Waals surface area (Å²) in [5, 5.41) is 3.99. The third-order valence-corrected chi connectivity index (χ3v) is 7.67. The lowest BCUT2D eigenvalue weighted by atomic mass is 9.95. The van der Waals surface area contributed by atoms with Crippen molar-refractivity contribution in [3.8, 4) is 11.1 Å². The second kappa shape index (κ2) is 8.21. The summed E-state index contributed by atoms with van der Waals surface area (Å²) in [7, 11) is 0. The monoisotopic (exact) mass is 521 g/mol. The molecule has 1 aliphatic carbocycles. The molecule has 1 spiro atoms. The third kappa shape index (κ3) is 3.92. The fourth-order valence-electron chi connectivity index (χ4n) is 5.38. The molecule has 2 aliphatic heterocycles. The summed E-state index contributed by atoms with van der Waals surface area (Å²) in [6.45, 7) is 5.72. The van der Waals surface area contributed by atoms with Crippen molar-refractivity contribution in [3.63, 3.8) is 0 Å². The van der Waals surface area contributed by atoms with Gasteiger partial charge in [-0.3, -0.25) is 15.0 Å². The van der Waals surface area contributed by atoms with Crippen LogP contribution in [0.5, 0.6) is 0 Å². The van der Waals surface area contributed by atoms with E-state index in [-0.39, 0.29) is 6.54 Å². The summed E-state index contributed by atoms with van der Waals surface area (Å²) in [4.78, 5) is 49.6. The maximum Gasteiger partial charge on any atom is 0.410 e. The van der Waals surface area contributed by atoms with Crippen LogP contribution < -0.4 is 10.2 Å². The van der Waals surface area contributed by atoms with Gasteiger partial charge in [-0.05, 0) is 69.2 Å². The van der Waals surface area contributed by atoms with E-state index >= 15 is 0 Å². The SMILES string of the molecule is CC(C)(C)OC(=O)N1CCC2(C1)C(=O)NC(=O)N2c1cccc(-c2cnc3[nH]cc(C4CC4)c3c2Cl)c1. The summed E-state index contributed by atoms with van der Waals surface area (Å²) < 4.78 is 5.50. The van der Waals surface area contributed by atoms with Crippen LogP contribution in [0, 0.1) is 0 Å². The maximum atomic E-state index is 13.1. The number of hydrogen-bond acceptors (Lipinski definition) is 5. The van der Waals surface area contributed by atoms with Crippen LogP contribution in [-0.4, -0.2) is 57.1 Å². The van der Waals surface area contributed by atoms with E-state index in [1.165, 1.54) is 15.4 Å². The van der Waals surface area contributed by atoms with Crippen LogP contribution in [0.4, 0.5) is 15.3 Å². The molecule has 3 aromatic rings. The van der Waals surface area contributed by atoms with Crippen molar-refractivity contribution in [2.75, 3.05) is 18.0 Å². The highest BCUT2D eigenvalue weighted by atomic mass is 35.5. The van der Waals surface area contributed by atoms with Crippen LogP contribution >= 0.6 is 11.6 Å². The molecule has 1 aromatic carbocycles. The molecule has 3 fully saturated rings. The van der Waals surface area contributed by atoms with E-state index in [2.05, 4.69) is 15.3 Å². The molecule has 2 saturated heterocycles. The van der Waals surface area contributed by atoms with Gasteiger partial charge in [-0.1, -0.05) is 23.7 Å². The Balaban J connectivity index is 1.36. The highest BCUT2D eigenvalue weighted by Crippen LogP contribution is 2.46. The minimum absolute atomic E-state index is 0.0477. The summed E-state index contributed by atoms with van der Waals surface area (Å²) in [5.74, 6) is 0.0839. The van der Waals surface area contributed by atoms with Gasteiger partial charge in [0.25, 0.3) is 5.91 Å². The van der Waals surface area contributed by atoms with Crippen LogP contribution in [-0.2, 0) is 9.53 Å². The first kappa shape index (κ1) is 23.8. The smallest absolute Gasteiger partial charge is 0.410 e. The van der Waals surface area contributed by atoms with Gasteiger partial charge in [0.05, 0.1) is 11.6 Å². The minimum atomic E-state index is -1.21. The first-order chi connectivity index (χ1) is 17.6. The number of benzene rings is 1. The Hall–Kier alpha value is -3.59. The zero-order valence-corrected chi connectivity index (χ0v) is 21.7. The largest absolute Gasteiger partial charge is 0.444 e. The molecule has 192 valence electrons. The molecule has 1 unspecified atom stereocenters. The molecular formula is C27H28ClN5O4. The van der Waals surface area contributed by atoms with E-state index in [0.29, 0.717) is 29.6 Å². The average molecular weight is 522 g/mol. The number of urea groups is 1. The fourth-order valence-corrected chi connectivity index (χ4v) is 5.74. The molecule has 1 saturated carbocycles. The van der Waals surface area contributed by atoms with Crippen LogP contribution in [0.25, 0.3) is 22.2 Å². The fraction of sp³-hybridized carbons (Fsp3) is 0.407. The number of fused-ring (bicyclic) bond motifs is 1. The lowest BCUT2D eigenvalue weighted by Crippen LogP contribution is -2.52. The molecule has 37 heavy (non-hydrogen) atoms. The summed E-state index contributed by atoms with van der Waals surface area (Å²) >= 11 is 6.92. The molecule has 4 heterocycles. The number of likely N-dealkylation sites (tertiary alicyclic amines) is 1. The van der Waals surface area contributed by atoms with Crippen LogP contribution in [0.15, 0.2) is 36.7 Å². The van der Waals surface area contributed by atoms with Crippen molar-refractivity contribution >= 4 is 46.4 Å². The summed E-state index contributed by atoms with van der Waals surface area (Å²) in [6.07, 6.45) is 5.79. The van der Waals surface area contributed by atoms with Crippen LogP contribution in [0.3, 0.4) is 0 Å². The number of rotatable bonds is 3. The lowest BCUT2D eigenvalue weighted by Gasteiger charge is -2.32. The van der Waals surface area contributed by atoms with Crippen molar-refractivity contribution in [1.29, 1.82) is 0 Å². The van der Waals surface area contributed by atoms with E-state index in [1.807, 2.05) is 24.4 Å². The second-order valence-corrected chi connectivity index (χ2v) is 11.4. The number of anilines is 1. The standard InChI is InChI=1S/C27H28ClN5O4/c1-26(2,3)37-25(36)32-10-9-27(14-32)23(34)31-24(35)33(27)17-6-4-5-16(11-17)19-13-30-22-20(21(19)28)18(12-29-22)15-7-8-15/h4-6,11-13,15H,7-10,14H2,1-3H3,(H,29,30)(H,31,34,35). The molecule has 6 rings (SSSR count). The zero-order valence-electron chi connectivity index (χ0n) is 20.9. The number of carbonyl (C=O) groups is 3. The van der Waals surface area contributed by atoms with Crippen molar-refractivity contribution in [3.05, 3.63) is 47.2 Å². The molecule has 2 aromatic heterocycles. The molecule has 1 atom stereocenters. The Morgan fingerprint density at radius 2 is 2.03 bits per heavy atom. The first-order valence-electron chi connectivity index (χ1n) is 12.5. The van der Waals surface area contributed by atoms with Crippen molar-refractivity contribution in [2.24, 2.45) is 0 Å². The van der Waals surface area contributed by atoms with E-state index in [9.17, 15) is 14.4 Å². The second-order valence-electron chi connectivity index (χ2n) is 11.1. The maximum absolute atomic E-state index is 13.1. The van der Waals surface area contributed by atoms with Gasteiger partial charge in [0.2, 0.25) is 0 Å². The van der Waals surface area contributed by atoms with Gasteiger partial charge in [-0.15, -0.1) is 0 Å². The Labute approximate surface area is 219 Å². The highest BCUT2D eigenvalue weighted by molar-refractivity contribution is 6.38. The Kier molecular flexibility index (Phi) is 5.28. The molecule has 3 aliphatic rings. The Morgan fingerprint density at radius 1 is 1.24 bits per heavy atom. The van der Waals surface area contributed by atoms with E-state index in [4.69, 9.17) is 16.3 Å². The number of amides is 4. The molecular weight excluding hydrogens is 494 g/mol. The zero-order chi connectivity index (χ0) is 26.1. The Bertz CT molecular complexity index is 1460. The number of ether oxygens (including phenoxy) is 1. The highest BCUT2D eigenvalue weighted by Gasteiger charge is 2.58. The van der Waals surface area contributed by atoms with Gasteiger partial charge in [-0.25, -0.2) is 14.6 Å². The molecule has 10 heteroatoms. The van der Waals surface area contributed by atoms with Gasteiger partial charge in [0.15, 0.2) is 0 Å². The number of carbonyl (C=O) groups excluding carboxylic acids is 3. The van der Waals surface area contributed by atoms with Gasteiger partial charge in [0, 0.05) is 35.6 Å². The van der Waals surface area contributed by atoms with Gasteiger partial charge < -0.3 is 14.6 Å².